The number of piperidine rings is 1. The molecule has 128 valence electrons. The van der Waals surface area contributed by atoms with Crippen molar-refractivity contribution in [3.63, 3.8) is 0 Å². The Morgan fingerprint density at radius 1 is 1.25 bits per heavy atom. The molecule has 24 heavy (non-hydrogen) atoms. The lowest BCUT2D eigenvalue weighted by atomic mass is 9.57. The number of anilines is 1. The van der Waals surface area contributed by atoms with Crippen molar-refractivity contribution in [1.82, 2.24) is 4.90 Å². The molecule has 0 radical (unpaired) electrons. The smallest absolute Gasteiger partial charge is 0.245 e. The Bertz CT molecular complexity index is 674. The lowest BCUT2D eigenvalue weighted by Crippen LogP contribution is -2.50. The van der Waals surface area contributed by atoms with E-state index >= 15 is 0 Å². The van der Waals surface area contributed by atoms with Gasteiger partial charge in [-0.3, -0.25) is 9.59 Å². The normalized spacial score (nSPS) is 19.7. The minimum Gasteiger partial charge on any atom is -0.339 e. The number of carbonyl (C=O) groups is 2. The first-order chi connectivity index (χ1) is 11.4. The second-order valence-electron chi connectivity index (χ2n) is 6.75. The molecule has 1 heterocycles. The SMILES string of the molecule is C=CC(=O)N1CCC2(CC1)CC(C(=O)Nc1ccc(F)cc1F)C2. The van der Waals surface area contributed by atoms with E-state index in [0.717, 1.165) is 37.8 Å². The van der Waals surface area contributed by atoms with Crippen LogP contribution in [0.2, 0.25) is 0 Å². The molecule has 2 amide bonds. The first kappa shape index (κ1) is 16.6. The number of nitrogens with one attached hydrogen (secondary N) is 1. The average molecular weight is 334 g/mol. The van der Waals surface area contributed by atoms with Crippen LogP contribution in [0, 0.1) is 23.0 Å². The van der Waals surface area contributed by atoms with Gasteiger partial charge < -0.3 is 10.2 Å². The highest BCUT2D eigenvalue weighted by atomic mass is 19.1. The van der Waals surface area contributed by atoms with Crippen LogP contribution >= 0.6 is 0 Å². The summed E-state index contributed by atoms with van der Waals surface area (Å²) in [7, 11) is 0. The van der Waals surface area contributed by atoms with E-state index in [9.17, 15) is 18.4 Å². The number of halogens is 2. The monoisotopic (exact) mass is 334 g/mol. The van der Waals surface area contributed by atoms with Crippen molar-refractivity contribution in [1.29, 1.82) is 0 Å². The highest BCUT2D eigenvalue weighted by Crippen LogP contribution is 2.52. The molecule has 0 aromatic heterocycles. The second-order valence-corrected chi connectivity index (χ2v) is 6.75. The van der Waals surface area contributed by atoms with Crippen LogP contribution < -0.4 is 5.32 Å². The molecule has 1 aliphatic carbocycles. The zero-order valence-electron chi connectivity index (χ0n) is 13.4. The maximum absolute atomic E-state index is 13.6. The third kappa shape index (κ3) is 3.18. The van der Waals surface area contributed by atoms with Crippen molar-refractivity contribution in [2.45, 2.75) is 25.7 Å². The third-order valence-electron chi connectivity index (χ3n) is 5.23. The standard InChI is InChI=1S/C18H20F2N2O2/c1-2-16(23)22-7-5-18(6-8-22)10-12(11-18)17(24)21-15-4-3-13(19)9-14(15)20/h2-4,9,12H,1,5-8,10-11H2,(H,21,24). The predicted molar refractivity (Wildman–Crippen MR) is 86.2 cm³/mol. The van der Waals surface area contributed by atoms with Gasteiger partial charge in [-0.25, -0.2) is 8.78 Å². The van der Waals surface area contributed by atoms with Crippen LogP contribution in [0.25, 0.3) is 0 Å². The van der Waals surface area contributed by atoms with E-state index in [1.165, 1.54) is 12.1 Å². The molecule has 2 aliphatic rings. The van der Waals surface area contributed by atoms with Crippen molar-refractivity contribution in [3.05, 3.63) is 42.5 Å². The van der Waals surface area contributed by atoms with Crippen LogP contribution in [0.4, 0.5) is 14.5 Å². The fourth-order valence-corrected chi connectivity index (χ4v) is 3.74. The minimum absolute atomic E-state index is 0.00810. The summed E-state index contributed by atoms with van der Waals surface area (Å²) in [4.78, 5) is 25.6. The van der Waals surface area contributed by atoms with Gasteiger partial charge in [-0.05, 0) is 49.3 Å². The molecule has 0 unspecified atom stereocenters. The van der Waals surface area contributed by atoms with E-state index in [0.29, 0.717) is 13.1 Å². The number of amides is 2. The van der Waals surface area contributed by atoms with Gasteiger partial charge in [0.2, 0.25) is 11.8 Å². The number of benzene rings is 1. The molecule has 0 bridgehead atoms. The van der Waals surface area contributed by atoms with Crippen LogP contribution in [0.15, 0.2) is 30.9 Å². The Morgan fingerprint density at radius 3 is 2.50 bits per heavy atom. The Kier molecular flexibility index (Phi) is 4.39. The van der Waals surface area contributed by atoms with Crippen molar-refractivity contribution in [2.75, 3.05) is 18.4 Å². The number of nitrogens with zero attached hydrogens (tertiary/aromatic N) is 1. The Morgan fingerprint density at radius 2 is 1.92 bits per heavy atom. The van der Waals surface area contributed by atoms with Crippen LogP contribution in [-0.2, 0) is 9.59 Å². The summed E-state index contributed by atoms with van der Waals surface area (Å²) < 4.78 is 26.5. The summed E-state index contributed by atoms with van der Waals surface area (Å²) in [5, 5.41) is 2.54. The molecule has 1 N–H and O–H groups in total. The van der Waals surface area contributed by atoms with E-state index in [1.54, 1.807) is 4.90 Å². The van der Waals surface area contributed by atoms with E-state index < -0.39 is 11.6 Å². The topological polar surface area (TPSA) is 49.4 Å². The molecule has 6 heteroatoms. The molecule has 2 fully saturated rings. The molecule has 4 nitrogen and oxygen atoms in total. The summed E-state index contributed by atoms with van der Waals surface area (Å²) in [6, 6.07) is 3.11. The molecule has 1 aromatic carbocycles. The largest absolute Gasteiger partial charge is 0.339 e. The van der Waals surface area contributed by atoms with Gasteiger partial charge >= 0.3 is 0 Å². The maximum Gasteiger partial charge on any atom is 0.245 e. The van der Waals surface area contributed by atoms with E-state index in [-0.39, 0.29) is 28.8 Å². The van der Waals surface area contributed by atoms with Gasteiger partial charge in [0.05, 0.1) is 5.69 Å². The van der Waals surface area contributed by atoms with Crippen LogP contribution in [0.5, 0.6) is 0 Å². The number of likely N-dealkylation sites (tertiary alicyclic amines) is 1. The average Bonchev–Trinajstić information content (AvgIpc) is 2.54. The summed E-state index contributed by atoms with van der Waals surface area (Å²) in [5.41, 5.74) is 0.120. The quantitative estimate of drug-likeness (QED) is 0.864. The third-order valence-corrected chi connectivity index (χ3v) is 5.23. The maximum atomic E-state index is 13.6. The molecule has 1 saturated carbocycles. The highest BCUT2D eigenvalue weighted by Gasteiger charge is 2.48. The van der Waals surface area contributed by atoms with Crippen molar-refractivity contribution >= 4 is 17.5 Å². The molecule has 3 rings (SSSR count). The van der Waals surface area contributed by atoms with Gasteiger partial charge in [-0.2, -0.15) is 0 Å². The Balaban J connectivity index is 1.52. The number of hydrogen-bond donors (Lipinski definition) is 1. The molecule has 1 spiro atoms. The highest BCUT2D eigenvalue weighted by molar-refractivity contribution is 5.93. The fraction of sp³-hybridized carbons (Fsp3) is 0.444. The predicted octanol–water partition coefficient (Wildman–Crippen LogP) is 3.11. The van der Waals surface area contributed by atoms with Gasteiger partial charge in [0.25, 0.3) is 0 Å². The van der Waals surface area contributed by atoms with Gasteiger partial charge in [0.15, 0.2) is 0 Å². The first-order valence-corrected chi connectivity index (χ1v) is 8.10. The van der Waals surface area contributed by atoms with E-state index in [4.69, 9.17) is 0 Å². The summed E-state index contributed by atoms with van der Waals surface area (Å²) in [5.74, 6) is -1.88. The van der Waals surface area contributed by atoms with E-state index in [2.05, 4.69) is 11.9 Å². The number of hydrogen-bond acceptors (Lipinski definition) is 2. The van der Waals surface area contributed by atoms with Crippen molar-refractivity contribution in [2.24, 2.45) is 11.3 Å². The molecular formula is C18H20F2N2O2. The van der Waals surface area contributed by atoms with Gasteiger partial charge in [0.1, 0.15) is 11.6 Å². The van der Waals surface area contributed by atoms with Crippen LogP contribution in [0.1, 0.15) is 25.7 Å². The van der Waals surface area contributed by atoms with Crippen LogP contribution in [0.3, 0.4) is 0 Å². The lowest BCUT2D eigenvalue weighted by Gasteiger charge is -2.51. The molecule has 1 aliphatic heterocycles. The van der Waals surface area contributed by atoms with Gasteiger partial charge in [0, 0.05) is 25.1 Å². The minimum atomic E-state index is -0.770. The summed E-state index contributed by atoms with van der Waals surface area (Å²) >= 11 is 0. The molecular weight excluding hydrogens is 314 g/mol. The molecule has 1 aromatic rings. The second kappa shape index (κ2) is 6.34. The zero-order chi connectivity index (χ0) is 17.3. The van der Waals surface area contributed by atoms with Gasteiger partial charge in [-0.15, -0.1) is 0 Å². The molecule has 0 atom stereocenters. The summed E-state index contributed by atoms with van der Waals surface area (Å²) in [6.45, 7) is 4.87. The Hall–Kier alpha value is -2.24. The lowest BCUT2D eigenvalue weighted by molar-refractivity contribution is -0.135. The first-order valence-electron chi connectivity index (χ1n) is 8.10. The molecule has 1 saturated heterocycles. The van der Waals surface area contributed by atoms with E-state index in [1.807, 2.05) is 0 Å². The number of rotatable bonds is 3. The summed E-state index contributed by atoms with van der Waals surface area (Å²) in [6.07, 6.45) is 4.57. The number of carbonyl (C=O) groups excluding carboxylic acids is 2. The fourth-order valence-electron chi connectivity index (χ4n) is 3.74. The van der Waals surface area contributed by atoms with Crippen LogP contribution in [-0.4, -0.2) is 29.8 Å². The van der Waals surface area contributed by atoms with Crippen molar-refractivity contribution < 1.29 is 18.4 Å². The van der Waals surface area contributed by atoms with Gasteiger partial charge in [-0.1, -0.05) is 6.58 Å². The van der Waals surface area contributed by atoms with Crippen molar-refractivity contribution in [3.8, 4) is 0 Å². The zero-order valence-corrected chi connectivity index (χ0v) is 13.4. The Labute approximate surface area is 139 Å².